The molecule has 0 aromatic heterocycles. The third kappa shape index (κ3) is 2.97. The number of anilines is 1. The third-order valence-electron chi connectivity index (χ3n) is 3.10. The minimum Gasteiger partial charge on any atom is -0.489 e. The Hall–Kier alpha value is -1.55. The van der Waals surface area contributed by atoms with Gasteiger partial charge in [0.1, 0.15) is 11.9 Å². The number of benzene rings is 1. The maximum Gasteiger partial charge on any atom is 0.120 e. The Balaban J connectivity index is 2.05. The minimum atomic E-state index is 0.246. The Bertz CT molecular complexity index is 406. The van der Waals surface area contributed by atoms with Crippen molar-refractivity contribution in [3.63, 3.8) is 0 Å². The average Bonchev–Trinajstić information content (AvgIpc) is 2.32. The molecule has 1 heterocycles. The zero-order chi connectivity index (χ0) is 12.3. The fourth-order valence-electron chi connectivity index (χ4n) is 2.16. The Kier molecular flexibility index (Phi) is 3.64. The van der Waals surface area contributed by atoms with Crippen LogP contribution in [-0.4, -0.2) is 37.4 Å². The van der Waals surface area contributed by atoms with E-state index in [2.05, 4.69) is 11.9 Å². The molecule has 92 valence electrons. The van der Waals surface area contributed by atoms with Gasteiger partial charge in [0.15, 0.2) is 0 Å². The molecule has 1 atom stereocenters. The first-order valence-corrected chi connectivity index (χ1v) is 5.94. The predicted octanol–water partition coefficient (Wildman–Crippen LogP) is 1.74. The number of nitrogens with two attached hydrogens (primary N) is 1. The van der Waals surface area contributed by atoms with Crippen LogP contribution in [0.1, 0.15) is 18.4 Å². The fourth-order valence-corrected chi connectivity index (χ4v) is 2.16. The van der Waals surface area contributed by atoms with Crippen LogP contribution in [0.2, 0.25) is 0 Å². The molecule has 1 fully saturated rings. The van der Waals surface area contributed by atoms with Crippen molar-refractivity contribution in [2.45, 2.75) is 18.9 Å². The smallest absolute Gasteiger partial charge is 0.120 e. The number of hydrogen-bond acceptors (Lipinski definition) is 4. The molecule has 1 aromatic rings. The van der Waals surface area contributed by atoms with Crippen LogP contribution in [0, 0.1) is 5.41 Å². The lowest BCUT2D eigenvalue weighted by atomic mass is 10.1. The molecular weight excluding hydrogens is 214 g/mol. The highest BCUT2D eigenvalue weighted by Crippen LogP contribution is 2.21. The fraction of sp³-hybridized carbons (Fsp3) is 0.462. The summed E-state index contributed by atoms with van der Waals surface area (Å²) in [6.07, 6.45) is 3.77. The molecule has 1 aliphatic rings. The van der Waals surface area contributed by atoms with Gasteiger partial charge in [-0.3, -0.25) is 0 Å². The summed E-state index contributed by atoms with van der Waals surface area (Å²) in [5.41, 5.74) is 7.07. The number of rotatable bonds is 3. The molecule has 4 heteroatoms. The lowest BCUT2D eigenvalue weighted by Crippen LogP contribution is -2.38. The highest BCUT2D eigenvalue weighted by Gasteiger charge is 2.18. The molecule has 1 aliphatic heterocycles. The van der Waals surface area contributed by atoms with Crippen molar-refractivity contribution in [3.05, 3.63) is 23.8 Å². The zero-order valence-electron chi connectivity index (χ0n) is 10.1. The van der Waals surface area contributed by atoms with Gasteiger partial charge in [0, 0.05) is 24.0 Å². The van der Waals surface area contributed by atoms with Crippen LogP contribution >= 0.6 is 0 Å². The van der Waals surface area contributed by atoms with E-state index >= 15 is 0 Å². The highest BCUT2D eigenvalue weighted by molar-refractivity contribution is 5.85. The highest BCUT2D eigenvalue weighted by atomic mass is 16.5. The van der Waals surface area contributed by atoms with Gasteiger partial charge in [-0.1, -0.05) is 0 Å². The van der Waals surface area contributed by atoms with E-state index in [0.29, 0.717) is 11.3 Å². The van der Waals surface area contributed by atoms with Crippen LogP contribution in [0.3, 0.4) is 0 Å². The quantitative estimate of drug-likeness (QED) is 0.617. The van der Waals surface area contributed by atoms with Crippen LogP contribution in [0.5, 0.6) is 5.75 Å². The van der Waals surface area contributed by atoms with Gasteiger partial charge >= 0.3 is 0 Å². The van der Waals surface area contributed by atoms with E-state index in [4.69, 9.17) is 15.9 Å². The molecule has 1 saturated heterocycles. The standard InChI is InChI=1S/C13H19N3O/c1-16-6-2-3-12(9-16)17-11-4-5-13(15)10(7-11)8-14/h4-5,7-8,12,14H,2-3,6,9,15H2,1H3. The number of ether oxygens (including phenoxy) is 1. The maximum absolute atomic E-state index is 7.26. The van der Waals surface area contributed by atoms with Crippen LogP contribution in [0.15, 0.2) is 18.2 Å². The van der Waals surface area contributed by atoms with Crippen LogP contribution in [-0.2, 0) is 0 Å². The Morgan fingerprint density at radius 2 is 2.35 bits per heavy atom. The van der Waals surface area contributed by atoms with Gasteiger partial charge in [-0.15, -0.1) is 0 Å². The van der Waals surface area contributed by atoms with E-state index in [9.17, 15) is 0 Å². The molecule has 1 unspecified atom stereocenters. The monoisotopic (exact) mass is 233 g/mol. The van der Waals surface area contributed by atoms with E-state index in [1.54, 1.807) is 6.07 Å². The van der Waals surface area contributed by atoms with Crippen molar-refractivity contribution >= 4 is 11.9 Å². The topological polar surface area (TPSA) is 62.3 Å². The molecule has 0 bridgehead atoms. The first kappa shape index (κ1) is 11.9. The summed E-state index contributed by atoms with van der Waals surface area (Å²) in [7, 11) is 2.11. The van der Waals surface area contributed by atoms with Crippen molar-refractivity contribution in [3.8, 4) is 5.75 Å². The summed E-state index contributed by atoms with van der Waals surface area (Å²) < 4.78 is 5.92. The predicted molar refractivity (Wildman–Crippen MR) is 69.9 cm³/mol. The number of nitrogens with one attached hydrogen (secondary N) is 1. The van der Waals surface area contributed by atoms with Gasteiger partial charge in [0.05, 0.1) is 0 Å². The number of hydrogen-bond donors (Lipinski definition) is 2. The van der Waals surface area contributed by atoms with Crippen molar-refractivity contribution in [1.29, 1.82) is 5.41 Å². The number of likely N-dealkylation sites (tertiary alicyclic amines) is 1. The normalized spacial score (nSPS) is 21.1. The lowest BCUT2D eigenvalue weighted by molar-refractivity contribution is 0.104. The summed E-state index contributed by atoms with van der Waals surface area (Å²) in [6, 6.07) is 5.50. The molecule has 0 amide bonds. The summed E-state index contributed by atoms with van der Waals surface area (Å²) in [6.45, 7) is 2.11. The van der Waals surface area contributed by atoms with Crippen molar-refractivity contribution in [2.75, 3.05) is 25.9 Å². The van der Waals surface area contributed by atoms with E-state index < -0.39 is 0 Å². The molecule has 1 aromatic carbocycles. The van der Waals surface area contributed by atoms with E-state index in [1.807, 2.05) is 12.1 Å². The molecular formula is C13H19N3O. The van der Waals surface area contributed by atoms with Gasteiger partial charge in [-0.2, -0.15) is 0 Å². The van der Waals surface area contributed by atoms with Crippen molar-refractivity contribution in [1.82, 2.24) is 4.90 Å². The lowest BCUT2D eigenvalue weighted by Gasteiger charge is -2.30. The van der Waals surface area contributed by atoms with Crippen LogP contribution < -0.4 is 10.5 Å². The number of nitrogen functional groups attached to an aromatic ring is 1. The number of piperidine rings is 1. The Morgan fingerprint density at radius 3 is 3.06 bits per heavy atom. The molecule has 0 saturated carbocycles. The summed E-state index contributed by atoms with van der Waals surface area (Å²) in [4.78, 5) is 2.28. The molecule has 0 radical (unpaired) electrons. The molecule has 0 aliphatic carbocycles. The first-order chi connectivity index (χ1) is 8.19. The molecule has 3 N–H and O–H groups in total. The first-order valence-electron chi connectivity index (χ1n) is 5.94. The largest absolute Gasteiger partial charge is 0.489 e. The van der Waals surface area contributed by atoms with Gasteiger partial charge in [-0.05, 0) is 44.6 Å². The second kappa shape index (κ2) is 5.19. The number of nitrogens with zero attached hydrogens (tertiary/aromatic N) is 1. The van der Waals surface area contributed by atoms with E-state index in [-0.39, 0.29) is 6.10 Å². The summed E-state index contributed by atoms with van der Waals surface area (Å²) in [5.74, 6) is 0.804. The zero-order valence-corrected chi connectivity index (χ0v) is 10.1. The summed E-state index contributed by atoms with van der Waals surface area (Å²) in [5, 5.41) is 7.26. The average molecular weight is 233 g/mol. The SMILES string of the molecule is CN1CCCC(Oc2ccc(N)c(C=N)c2)C1. The maximum atomic E-state index is 7.26. The molecule has 17 heavy (non-hydrogen) atoms. The third-order valence-corrected chi connectivity index (χ3v) is 3.10. The van der Waals surface area contributed by atoms with E-state index in [1.165, 1.54) is 12.6 Å². The molecule has 2 rings (SSSR count). The van der Waals surface area contributed by atoms with Gasteiger partial charge in [0.25, 0.3) is 0 Å². The second-order valence-electron chi connectivity index (χ2n) is 4.58. The Morgan fingerprint density at radius 1 is 1.53 bits per heavy atom. The van der Waals surface area contributed by atoms with Gasteiger partial charge in [-0.25, -0.2) is 0 Å². The molecule has 0 spiro atoms. The number of likely N-dealkylation sites (N-methyl/N-ethyl adjacent to an activating group) is 1. The van der Waals surface area contributed by atoms with Crippen molar-refractivity contribution < 1.29 is 4.74 Å². The summed E-state index contributed by atoms with van der Waals surface area (Å²) >= 11 is 0. The van der Waals surface area contributed by atoms with Gasteiger partial charge in [0.2, 0.25) is 0 Å². The Labute approximate surface area is 102 Å². The van der Waals surface area contributed by atoms with Crippen LogP contribution in [0.4, 0.5) is 5.69 Å². The van der Waals surface area contributed by atoms with Crippen molar-refractivity contribution in [2.24, 2.45) is 0 Å². The van der Waals surface area contributed by atoms with E-state index in [0.717, 1.165) is 25.3 Å². The van der Waals surface area contributed by atoms with Gasteiger partial charge < -0.3 is 20.8 Å². The second-order valence-corrected chi connectivity index (χ2v) is 4.58. The minimum absolute atomic E-state index is 0.246. The molecule has 4 nitrogen and oxygen atoms in total. The van der Waals surface area contributed by atoms with Crippen LogP contribution in [0.25, 0.3) is 0 Å².